The van der Waals surface area contributed by atoms with Crippen LogP contribution in [0.4, 0.5) is 5.69 Å². The van der Waals surface area contributed by atoms with E-state index in [0.717, 1.165) is 5.56 Å². The maximum absolute atomic E-state index is 11.9. The number of carbonyl (C=O) groups excluding carboxylic acids is 1. The highest BCUT2D eigenvalue weighted by molar-refractivity contribution is 6.30. The average molecular weight is 331 g/mol. The van der Waals surface area contributed by atoms with Crippen molar-refractivity contribution in [2.24, 2.45) is 0 Å². The molecule has 0 saturated heterocycles. The van der Waals surface area contributed by atoms with Crippen molar-refractivity contribution in [3.8, 4) is 0 Å². The number of carbonyl (C=O) groups is 1. The van der Waals surface area contributed by atoms with Crippen molar-refractivity contribution in [3.05, 3.63) is 80.9 Å². The van der Waals surface area contributed by atoms with Crippen LogP contribution in [-0.4, -0.2) is 10.8 Å². The van der Waals surface area contributed by atoms with Crippen LogP contribution in [0.25, 0.3) is 6.08 Å². The van der Waals surface area contributed by atoms with E-state index in [4.69, 9.17) is 11.6 Å². The van der Waals surface area contributed by atoms with Crippen molar-refractivity contribution in [2.75, 3.05) is 0 Å². The lowest BCUT2D eigenvalue weighted by Crippen LogP contribution is -2.24. The van der Waals surface area contributed by atoms with Gasteiger partial charge in [0.05, 0.1) is 11.0 Å². The Morgan fingerprint density at radius 1 is 1.26 bits per heavy atom. The Hall–Kier alpha value is -2.66. The summed E-state index contributed by atoms with van der Waals surface area (Å²) in [6, 6.07) is 13.1. The fourth-order valence-electron chi connectivity index (χ4n) is 2.01. The molecule has 5 nitrogen and oxygen atoms in total. The monoisotopic (exact) mass is 330 g/mol. The number of halogens is 1. The van der Waals surface area contributed by atoms with Gasteiger partial charge >= 0.3 is 0 Å². The molecule has 0 aliphatic carbocycles. The van der Waals surface area contributed by atoms with Gasteiger partial charge in [-0.2, -0.15) is 0 Å². The predicted octanol–water partition coefficient (Wildman–Crippen LogP) is 4.14. The fourth-order valence-corrected chi connectivity index (χ4v) is 2.14. The largest absolute Gasteiger partial charge is 0.346 e. The first kappa shape index (κ1) is 16.7. The second-order valence-corrected chi connectivity index (χ2v) is 5.40. The van der Waals surface area contributed by atoms with Crippen LogP contribution in [0.3, 0.4) is 0 Å². The van der Waals surface area contributed by atoms with Gasteiger partial charge in [-0.3, -0.25) is 14.9 Å². The summed E-state index contributed by atoms with van der Waals surface area (Å²) in [5.41, 5.74) is 1.52. The van der Waals surface area contributed by atoms with E-state index in [0.29, 0.717) is 10.6 Å². The third kappa shape index (κ3) is 4.93. The Kier molecular flexibility index (Phi) is 5.49. The van der Waals surface area contributed by atoms with Crippen molar-refractivity contribution in [1.82, 2.24) is 5.32 Å². The van der Waals surface area contributed by atoms with E-state index in [1.165, 1.54) is 24.3 Å². The van der Waals surface area contributed by atoms with Gasteiger partial charge in [0.15, 0.2) is 0 Å². The first-order valence-corrected chi connectivity index (χ1v) is 7.32. The quantitative estimate of drug-likeness (QED) is 0.508. The number of nitro benzene ring substituents is 1. The van der Waals surface area contributed by atoms with Crippen molar-refractivity contribution in [2.45, 2.75) is 13.0 Å². The summed E-state index contributed by atoms with van der Waals surface area (Å²) in [7, 11) is 0. The number of nitro groups is 1. The van der Waals surface area contributed by atoms with Crippen molar-refractivity contribution < 1.29 is 9.72 Å². The zero-order chi connectivity index (χ0) is 16.8. The molecule has 118 valence electrons. The van der Waals surface area contributed by atoms with Crippen LogP contribution < -0.4 is 5.32 Å². The fraction of sp³-hybridized carbons (Fsp3) is 0.118. The standard InChI is InChI=1S/C17H15ClN2O3/c1-12(14-6-8-15(18)9-7-14)19-17(21)10-5-13-3-2-4-16(11-13)20(22)23/h2-12H,1H3,(H,19,21)/b10-5+. The molecule has 2 rings (SSSR count). The highest BCUT2D eigenvalue weighted by atomic mass is 35.5. The van der Waals surface area contributed by atoms with E-state index in [1.54, 1.807) is 24.3 Å². The Morgan fingerprint density at radius 3 is 2.61 bits per heavy atom. The molecule has 1 unspecified atom stereocenters. The Labute approximate surface area is 138 Å². The van der Waals surface area contributed by atoms with Gasteiger partial charge in [-0.25, -0.2) is 0 Å². The summed E-state index contributed by atoms with van der Waals surface area (Å²) in [5, 5.41) is 14.2. The summed E-state index contributed by atoms with van der Waals surface area (Å²) in [6.07, 6.45) is 2.89. The second-order valence-electron chi connectivity index (χ2n) is 4.97. The molecule has 23 heavy (non-hydrogen) atoms. The molecule has 0 heterocycles. The normalized spacial score (nSPS) is 12.1. The number of non-ortho nitro benzene ring substituents is 1. The van der Waals surface area contributed by atoms with E-state index in [9.17, 15) is 14.9 Å². The van der Waals surface area contributed by atoms with E-state index in [1.807, 2.05) is 19.1 Å². The molecule has 2 aromatic carbocycles. The lowest BCUT2D eigenvalue weighted by Gasteiger charge is -2.12. The van der Waals surface area contributed by atoms with Crippen molar-refractivity contribution in [3.63, 3.8) is 0 Å². The molecular weight excluding hydrogens is 316 g/mol. The topological polar surface area (TPSA) is 72.2 Å². The zero-order valence-electron chi connectivity index (χ0n) is 12.4. The molecule has 6 heteroatoms. The molecule has 0 fully saturated rings. The third-order valence-corrected chi connectivity index (χ3v) is 3.49. The Balaban J connectivity index is 2.00. The molecule has 2 aromatic rings. The van der Waals surface area contributed by atoms with Crippen molar-refractivity contribution >= 4 is 29.3 Å². The van der Waals surface area contributed by atoms with Gasteiger partial charge in [-0.1, -0.05) is 35.9 Å². The van der Waals surface area contributed by atoms with Crippen LogP contribution in [-0.2, 0) is 4.79 Å². The Bertz CT molecular complexity index is 742. The van der Waals surface area contributed by atoms with Crippen LogP contribution in [0.1, 0.15) is 24.1 Å². The molecule has 0 aliphatic heterocycles. The zero-order valence-corrected chi connectivity index (χ0v) is 13.2. The van der Waals surface area contributed by atoms with Crippen LogP contribution in [0, 0.1) is 10.1 Å². The summed E-state index contributed by atoms with van der Waals surface area (Å²) in [4.78, 5) is 22.2. The summed E-state index contributed by atoms with van der Waals surface area (Å²) < 4.78 is 0. The number of benzene rings is 2. The average Bonchev–Trinajstić information content (AvgIpc) is 2.53. The van der Waals surface area contributed by atoms with Crippen LogP contribution in [0.15, 0.2) is 54.6 Å². The molecular formula is C17H15ClN2O3. The van der Waals surface area contributed by atoms with E-state index in [2.05, 4.69) is 5.32 Å². The van der Waals surface area contributed by atoms with Gasteiger partial charge in [0.25, 0.3) is 5.69 Å². The van der Waals surface area contributed by atoms with Gasteiger partial charge in [0.2, 0.25) is 5.91 Å². The summed E-state index contributed by atoms with van der Waals surface area (Å²) in [5.74, 6) is -0.279. The highest BCUT2D eigenvalue weighted by Crippen LogP contribution is 2.16. The molecule has 0 aromatic heterocycles. The molecule has 0 saturated carbocycles. The molecule has 0 bridgehead atoms. The van der Waals surface area contributed by atoms with Crippen molar-refractivity contribution in [1.29, 1.82) is 0 Å². The number of hydrogen-bond acceptors (Lipinski definition) is 3. The number of nitrogens with zero attached hydrogens (tertiary/aromatic N) is 1. The number of rotatable bonds is 5. The highest BCUT2D eigenvalue weighted by Gasteiger charge is 2.08. The second kappa shape index (κ2) is 7.56. The van der Waals surface area contributed by atoms with Crippen LogP contribution in [0.2, 0.25) is 5.02 Å². The van der Waals surface area contributed by atoms with Gasteiger partial charge in [-0.05, 0) is 36.3 Å². The SMILES string of the molecule is CC(NC(=O)/C=C/c1cccc([N+](=O)[O-])c1)c1ccc(Cl)cc1. The van der Waals surface area contributed by atoms with Gasteiger partial charge in [-0.15, -0.1) is 0 Å². The minimum Gasteiger partial charge on any atom is -0.346 e. The predicted molar refractivity (Wildman–Crippen MR) is 90.1 cm³/mol. The van der Waals surface area contributed by atoms with Crippen LogP contribution >= 0.6 is 11.6 Å². The van der Waals surface area contributed by atoms with E-state index in [-0.39, 0.29) is 17.6 Å². The first-order valence-electron chi connectivity index (χ1n) is 6.94. The summed E-state index contributed by atoms with van der Waals surface area (Å²) >= 11 is 5.83. The number of nitrogens with one attached hydrogen (secondary N) is 1. The third-order valence-electron chi connectivity index (χ3n) is 3.24. The smallest absolute Gasteiger partial charge is 0.270 e. The van der Waals surface area contributed by atoms with E-state index < -0.39 is 4.92 Å². The first-order chi connectivity index (χ1) is 11.0. The molecule has 1 amide bonds. The van der Waals surface area contributed by atoms with Gasteiger partial charge in [0.1, 0.15) is 0 Å². The number of amides is 1. The molecule has 1 atom stereocenters. The maximum Gasteiger partial charge on any atom is 0.270 e. The molecule has 0 spiro atoms. The lowest BCUT2D eigenvalue weighted by molar-refractivity contribution is -0.384. The minimum atomic E-state index is -0.472. The Morgan fingerprint density at radius 2 is 1.96 bits per heavy atom. The minimum absolute atomic E-state index is 0.0120. The van der Waals surface area contributed by atoms with Crippen LogP contribution in [0.5, 0.6) is 0 Å². The van der Waals surface area contributed by atoms with Gasteiger partial charge in [0, 0.05) is 23.2 Å². The number of hydrogen-bond donors (Lipinski definition) is 1. The van der Waals surface area contributed by atoms with E-state index >= 15 is 0 Å². The molecule has 0 radical (unpaired) electrons. The summed E-state index contributed by atoms with van der Waals surface area (Å²) in [6.45, 7) is 1.86. The van der Waals surface area contributed by atoms with Gasteiger partial charge < -0.3 is 5.32 Å². The molecule has 0 aliphatic rings. The lowest BCUT2D eigenvalue weighted by atomic mass is 10.1. The molecule has 1 N–H and O–H groups in total. The maximum atomic E-state index is 11.9.